The van der Waals surface area contributed by atoms with E-state index in [1.165, 1.54) is 0 Å². The molecule has 1 fully saturated rings. The van der Waals surface area contributed by atoms with Gasteiger partial charge in [-0.15, -0.1) is 0 Å². The average Bonchev–Trinajstić information content (AvgIpc) is 2.93. The summed E-state index contributed by atoms with van der Waals surface area (Å²) in [5, 5.41) is 37.8. The van der Waals surface area contributed by atoms with Gasteiger partial charge in [0.25, 0.3) is 0 Å². The van der Waals surface area contributed by atoms with E-state index in [1.807, 2.05) is 84.9 Å². The molecule has 2 heterocycles. The summed E-state index contributed by atoms with van der Waals surface area (Å²) in [7, 11) is 0. The smallest absolute Gasteiger partial charge is 0.177 e. The van der Waals surface area contributed by atoms with Crippen molar-refractivity contribution in [1.29, 1.82) is 21.0 Å². The van der Waals surface area contributed by atoms with E-state index < -0.39 is 0 Å². The fourth-order valence-electron chi connectivity index (χ4n) is 5.11. The highest BCUT2D eigenvalue weighted by Crippen LogP contribution is 2.65. The van der Waals surface area contributed by atoms with Crippen LogP contribution in [0, 0.1) is 45.3 Å². The normalized spacial score (nSPS) is 20.1. The Morgan fingerprint density at radius 3 is 1.17 bits per heavy atom. The Hall–Kier alpha value is -5.44. The molecule has 0 aliphatic heterocycles. The van der Waals surface area contributed by atoms with Gasteiger partial charge in [-0.3, -0.25) is 0 Å². The van der Waals surface area contributed by atoms with E-state index in [2.05, 4.69) is 19.9 Å². The third-order valence-corrected chi connectivity index (χ3v) is 6.61. The van der Waals surface area contributed by atoms with Crippen molar-refractivity contribution in [2.45, 2.75) is 23.7 Å². The minimum Gasteiger partial charge on any atom is -0.241 e. The van der Waals surface area contributed by atoms with Crippen LogP contribution in [-0.2, 0) is 0 Å². The van der Waals surface area contributed by atoms with E-state index in [-0.39, 0.29) is 46.4 Å². The number of benzene rings is 2. The van der Waals surface area contributed by atoms with E-state index in [4.69, 9.17) is 0 Å². The summed E-state index contributed by atoms with van der Waals surface area (Å²) in [4.78, 5) is 17.5. The second-order valence-electron chi connectivity index (χ2n) is 8.36. The highest BCUT2D eigenvalue weighted by molar-refractivity contribution is 5.47. The summed E-state index contributed by atoms with van der Waals surface area (Å²) < 4.78 is 0. The summed E-state index contributed by atoms with van der Waals surface area (Å²) in [6.07, 6.45) is 3.13. The summed E-state index contributed by atoms with van der Waals surface area (Å²) >= 11 is 0. The van der Waals surface area contributed by atoms with E-state index in [0.29, 0.717) is 11.4 Å². The van der Waals surface area contributed by atoms with Crippen LogP contribution in [0.25, 0.3) is 0 Å². The SMILES string of the molecule is N#Cc1ncc(C2C(c3ccccc3)C(c3cnc(C#N)c(C#N)n3)C2c2ccccc2)nc1C#N. The van der Waals surface area contributed by atoms with Crippen LogP contribution in [0.5, 0.6) is 0 Å². The molecular formula is C28H16N8. The van der Waals surface area contributed by atoms with Gasteiger partial charge in [-0.1, -0.05) is 60.7 Å². The number of hydrogen-bond acceptors (Lipinski definition) is 8. The molecular weight excluding hydrogens is 448 g/mol. The fourth-order valence-corrected chi connectivity index (χ4v) is 5.11. The Kier molecular flexibility index (Phi) is 5.86. The van der Waals surface area contributed by atoms with Gasteiger partial charge < -0.3 is 0 Å². The third kappa shape index (κ3) is 3.70. The lowest BCUT2D eigenvalue weighted by molar-refractivity contribution is 0.219. The van der Waals surface area contributed by atoms with Gasteiger partial charge in [0.2, 0.25) is 0 Å². The molecule has 0 saturated heterocycles. The lowest BCUT2D eigenvalue weighted by Gasteiger charge is -2.52. The summed E-state index contributed by atoms with van der Waals surface area (Å²) in [5.41, 5.74) is 3.23. The molecule has 4 aromatic rings. The first kappa shape index (κ1) is 22.4. The van der Waals surface area contributed by atoms with Crippen LogP contribution < -0.4 is 0 Å². The van der Waals surface area contributed by atoms with Gasteiger partial charge in [0, 0.05) is 23.7 Å². The molecule has 2 aromatic heterocycles. The topological polar surface area (TPSA) is 147 Å². The minimum atomic E-state index is -0.185. The van der Waals surface area contributed by atoms with Crippen LogP contribution in [0.15, 0.2) is 73.1 Å². The fraction of sp³-hybridized carbons (Fsp3) is 0.143. The first-order valence-electron chi connectivity index (χ1n) is 11.1. The summed E-state index contributed by atoms with van der Waals surface area (Å²) in [6.45, 7) is 0. The number of nitriles is 4. The van der Waals surface area contributed by atoms with Crippen LogP contribution in [0.4, 0.5) is 0 Å². The highest BCUT2D eigenvalue weighted by Gasteiger charge is 2.54. The number of hydrogen-bond donors (Lipinski definition) is 0. The van der Waals surface area contributed by atoms with Gasteiger partial charge >= 0.3 is 0 Å². The predicted molar refractivity (Wildman–Crippen MR) is 127 cm³/mol. The molecule has 0 radical (unpaired) electrons. The molecule has 0 spiro atoms. The predicted octanol–water partition coefficient (Wildman–Crippen LogP) is 4.20. The zero-order valence-corrected chi connectivity index (χ0v) is 18.8. The van der Waals surface area contributed by atoms with Crippen LogP contribution in [0.3, 0.4) is 0 Å². The molecule has 168 valence electrons. The molecule has 8 nitrogen and oxygen atoms in total. The summed E-state index contributed by atoms with van der Waals surface area (Å²) in [6, 6.07) is 27.6. The van der Waals surface area contributed by atoms with Gasteiger partial charge in [-0.25, -0.2) is 19.9 Å². The Balaban J connectivity index is 1.73. The maximum atomic E-state index is 9.57. The second kappa shape index (κ2) is 9.43. The van der Waals surface area contributed by atoms with Crippen LogP contribution in [0.2, 0.25) is 0 Å². The molecule has 2 aromatic carbocycles. The molecule has 1 aliphatic rings. The molecule has 36 heavy (non-hydrogen) atoms. The number of rotatable bonds is 4. The second-order valence-corrected chi connectivity index (χ2v) is 8.36. The van der Waals surface area contributed by atoms with E-state index in [0.717, 1.165) is 11.1 Å². The summed E-state index contributed by atoms with van der Waals surface area (Å²) in [5.74, 6) is -0.622. The van der Waals surface area contributed by atoms with Gasteiger partial charge in [0.05, 0.1) is 23.8 Å². The van der Waals surface area contributed by atoms with Crippen molar-refractivity contribution in [1.82, 2.24) is 19.9 Å². The maximum absolute atomic E-state index is 9.57. The molecule has 0 atom stereocenters. The standard InChI is InChI=1S/C28H16N8/c29-11-19-21(13-31)35-23(15-33-19)27-25(17-7-3-1-4-8-17)28(26(27)18-9-5-2-6-10-18)24-16-34-20(12-30)22(14-32)36-24/h1-10,15-16,25-28H. The minimum absolute atomic E-state index is 0.0120. The molecule has 5 rings (SSSR count). The Morgan fingerprint density at radius 2 is 0.833 bits per heavy atom. The molecule has 1 saturated carbocycles. The molecule has 0 bridgehead atoms. The van der Waals surface area contributed by atoms with Crippen molar-refractivity contribution in [2.75, 3.05) is 0 Å². The molecule has 0 amide bonds. The zero-order chi connectivity index (χ0) is 25.1. The monoisotopic (exact) mass is 464 g/mol. The van der Waals surface area contributed by atoms with Gasteiger partial charge in [0.15, 0.2) is 22.8 Å². The van der Waals surface area contributed by atoms with E-state index in [9.17, 15) is 21.0 Å². The Bertz CT molecular complexity index is 1470. The van der Waals surface area contributed by atoms with Crippen LogP contribution in [-0.4, -0.2) is 19.9 Å². The first-order chi connectivity index (χ1) is 17.7. The van der Waals surface area contributed by atoms with Crippen LogP contribution >= 0.6 is 0 Å². The van der Waals surface area contributed by atoms with Crippen molar-refractivity contribution in [3.63, 3.8) is 0 Å². The van der Waals surface area contributed by atoms with Crippen molar-refractivity contribution in [2.24, 2.45) is 0 Å². The quantitative estimate of drug-likeness (QED) is 0.436. The molecule has 0 N–H and O–H groups in total. The van der Waals surface area contributed by atoms with E-state index >= 15 is 0 Å². The van der Waals surface area contributed by atoms with Crippen molar-refractivity contribution >= 4 is 0 Å². The van der Waals surface area contributed by atoms with Crippen molar-refractivity contribution in [3.8, 4) is 24.3 Å². The zero-order valence-electron chi connectivity index (χ0n) is 18.8. The average molecular weight is 464 g/mol. The van der Waals surface area contributed by atoms with Gasteiger partial charge in [-0.2, -0.15) is 21.0 Å². The maximum Gasteiger partial charge on any atom is 0.177 e. The largest absolute Gasteiger partial charge is 0.241 e. The molecule has 8 heteroatoms. The van der Waals surface area contributed by atoms with Crippen molar-refractivity contribution in [3.05, 3.63) is 118 Å². The van der Waals surface area contributed by atoms with Gasteiger partial charge in [0.1, 0.15) is 24.3 Å². The Labute approximate surface area is 207 Å². The lowest BCUT2D eigenvalue weighted by atomic mass is 9.51. The third-order valence-electron chi connectivity index (χ3n) is 6.61. The molecule has 1 aliphatic carbocycles. The van der Waals surface area contributed by atoms with Crippen LogP contribution in [0.1, 0.15) is 69.0 Å². The van der Waals surface area contributed by atoms with Gasteiger partial charge in [-0.05, 0) is 11.1 Å². The number of nitrogens with zero attached hydrogens (tertiary/aromatic N) is 8. The van der Waals surface area contributed by atoms with Crippen molar-refractivity contribution < 1.29 is 0 Å². The first-order valence-corrected chi connectivity index (χ1v) is 11.1. The van der Waals surface area contributed by atoms with E-state index in [1.54, 1.807) is 12.4 Å². The Morgan fingerprint density at radius 1 is 0.472 bits per heavy atom. The highest BCUT2D eigenvalue weighted by atomic mass is 14.9. The number of aromatic nitrogens is 4. The lowest BCUT2D eigenvalue weighted by Crippen LogP contribution is -2.41. The molecule has 0 unspecified atom stereocenters.